The van der Waals surface area contributed by atoms with Gasteiger partial charge in [0.15, 0.2) is 17.3 Å². The van der Waals surface area contributed by atoms with Crippen molar-refractivity contribution in [3.63, 3.8) is 0 Å². The van der Waals surface area contributed by atoms with Crippen molar-refractivity contribution in [2.24, 2.45) is 5.92 Å². The molecule has 2 heterocycles. The van der Waals surface area contributed by atoms with E-state index in [1.807, 2.05) is 32.0 Å². The quantitative estimate of drug-likeness (QED) is 0.430. The van der Waals surface area contributed by atoms with Crippen LogP contribution < -0.4 is 14.2 Å². The lowest BCUT2D eigenvalue weighted by molar-refractivity contribution is -0.121. The predicted octanol–water partition coefficient (Wildman–Crippen LogP) is 4.61. The summed E-state index contributed by atoms with van der Waals surface area (Å²) in [4.78, 5) is 27.9. The van der Waals surface area contributed by atoms with Crippen molar-refractivity contribution in [3.8, 4) is 17.2 Å². The molecule has 0 aliphatic carbocycles. The Morgan fingerprint density at radius 2 is 1.67 bits per heavy atom. The molecular formula is C29H37NO6. The van der Waals surface area contributed by atoms with Gasteiger partial charge in [-0.05, 0) is 81.7 Å². The maximum Gasteiger partial charge on any atom is 0.163 e. The average Bonchev–Trinajstić information content (AvgIpc) is 3.39. The second-order valence-corrected chi connectivity index (χ2v) is 9.97. The van der Waals surface area contributed by atoms with E-state index in [1.165, 1.54) is 0 Å². The minimum Gasteiger partial charge on any atom is -0.491 e. The van der Waals surface area contributed by atoms with Crippen molar-refractivity contribution >= 4 is 11.6 Å². The van der Waals surface area contributed by atoms with Gasteiger partial charge in [0.05, 0.1) is 12.2 Å². The Morgan fingerprint density at radius 3 is 2.36 bits per heavy atom. The summed E-state index contributed by atoms with van der Waals surface area (Å²) in [5.74, 6) is 1.68. The number of likely N-dealkylation sites (tertiary alicyclic amines) is 1. The van der Waals surface area contributed by atoms with E-state index in [4.69, 9.17) is 14.2 Å². The third-order valence-corrected chi connectivity index (χ3v) is 6.71. The Balaban J connectivity index is 1.37. The van der Waals surface area contributed by atoms with E-state index < -0.39 is 6.10 Å². The number of rotatable bonds is 12. The van der Waals surface area contributed by atoms with Gasteiger partial charge in [-0.3, -0.25) is 9.59 Å². The smallest absolute Gasteiger partial charge is 0.163 e. The lowest BCUT2D eigenvalue weighted by atomic mass is 9.89. The summed E-state index contributed by atoms with van der Waals surface area (Å²) in [5, 5.41) is 11.3. The Hall–Kier alpha value is -2.90. The van der Waals surface area contributed by atoms with Crippen LogP contribution in [0, 0.1) is 5.92 Å². The number of hydrogen-bond acceptors (Lipinski definition) is 7. The largest absolute Gasteiger partial charge is 0.491 e. The van der Waals surface area contributed by atoms with Gasteiger partial charge in [-0.1, -0.05) is 6.07 Å². The van der Waals surface area contributed by atoms with Crippen molar-refractivity contribution in [1.29, 1.82) is 0 Å². The lowest BCUT2D eigenvalue weighted by Crippen LogP contribution is -2.32. The minimum atomic E-state index is -0.811. The third-order valence-electron chi connectivity index (χ3n) is 6.71. The average molecular weight is 496 g/mol. The highest BCUT2D eigenvalue weighted by molar-refractivity contribution is 5.98. The van der Waals surface area contributed by atoms with Crippen LogP contribution in [0.5, 0.6) is 17.2 Å². The fourth-order valence-electron chi connectivity index (χ4n) is 4.87. The Kier molecular flexibility index (Phi) is 8.99. The Morgan fingerprint density at radius 1 is 0.972 bits per heavy atom. The third kappa shape index (κ3) is 7.08. The number of ether oxygens (including phenoxy) is 3. The number of aliphatic hydroxyl groups excluding tert-OH is 1. The number of aliphatic hydroxyl groups is 1. The summed E-state index contributed by atoms with van der Waals surface area (Å²) in [5.41, 5.74) is 1.29. The molecule has 194 valence electrons. The van der Waals surface area contributed by atoms with E-state index in [2.05, 4.69) is 4.90 Å². The second-order valence-electron chi connectivity index (χ2n) is 9.97. The van der Waals surface area contributed by atoms with Crippen molar-refractivity contribution in [3.05, 3.63) is 53.6 Å². The summed E-state index contributed by atoms with van der Waals surface area (Å²) >= 11 is 0. The van der Waals surface area contributed by atoms with Crippen molar-refractivity contribution in [1.82, 2.24) is 4.90 Å². The number of benzene rings is 2. The van der Waals surface area contributed by atoms with Gasteiger partial charge in [0.25, 0.3) is 0 Å². The molecule has 2 atom stereocenters. The van der Waals surface area contributed by atoms with Crippen molar-refractivity contribution in [2.75, 3.05) is 32.8 Å². The molecule has 0 spiro atoms. The molecule has 2 aromatic rings. The van der Waals surface area contributed by atoms with E-state index >= 15 is 0 Å². The summed E-state index contributed by atoms with van der Waals surface area (Å²) in [6.07, 6.45) is 2.06. The van der Waals surface area contributed by atoms with Crippen LogP contribution in [-0.2, 0) is 4.79 Å². The molecule has 0 aromatic heterocycles. The van der Waals surface area contributed by atoms with Crippen LogP contribution in [0.2, 0.25) is 0 Å². The zero-order chi connectivity index (χ0) is 25.5. The molecule has 0 unspecified atom stereocenters. The zero-order valence-corrected chi connectivity index (χ0v) is 21.3. The molecule has 1 fully saturated rings. The Bertz CT molecular complexity index is 1030. The van der Waals surface area contributed by atoms with Gasteiger partial charge < -0.3 is 24.2 Å². The van der Waals surface area contributed by atoms with Crippen molar-refractivity contribution < 1.29 is 28.9 Å². The zero-order valence-electron chi connectivity index (χ0n) is 21.3. The summed E-state index contributed by atoms with van der Waals surface area (Å²) in [7, 11) is 0. The maximum atomic E-state index is 13.0. The molecule has 2 aliphatic heterocycles. The first kappa shape index (κ1) is 26.2. The van der Waals surface area contributed by atoms with Gasteiger partial charge in [-0.15, -0.1) is 0 Å². The molecule has 7 heteroatoms. The van der Waals surface area contributed by atoms with Crippen LogP contribution in [0.25, 0.3) is 0 Å². The number of carbonyl (C=O) groups is 2. The van der Waals surface area contributed by atoms with E-state index in [0.29, 0.717) is 36.8 Å². The number of nitrogens with zero attached hydrogens (tertiary/aromatic N) is 1. The highest BCUT2D eigenvalue weighted by Gasteiger charge is 2.28. The van der Waals surface area contributed by atoms with E-state index in [0.717, 1.165) is 37.2 Å². The highest BCUT2D eigenvalue weighted by Crippen LogP contribution is 2.36. The van der Waals surface area contributed by atoms with E-state index in [1.54, 1.807) is 24.3 Å². The molecule has 1 N–H and O–H groups in total. The number of Topliss-reactive ketones (excluding diaryl/α,β-unsaturated/α-hetero) is 2. The van der Waals surface area contributed by atoms with Gasteiger partial charge in [0.2, 0.25) is 0 Å². The fourth-order valence-corrected chi connectivity index (χ4v) is 4.87. The van der Waals surface area contributed by atoms with Crippen LogP contribution in [0.15, 0.2) is 42.5 Å². The molecule has 0 bridgehead atoms. The maximum absolute atomic E-state index is 13.0. The molecule has 4 rings (SSSR count). The molecule has 1 saturated heterocycles. The van der Waals surface area contributed by atoms with Crippen LogP contribution in [-0.4, -0.2) is 60.5 Å². The second kappa shape index (κ2) is 12.4. The number of fused-ring (bicyclic) bond motifs is 1. The van der Waals surface area contributed by atoms with Crippen LogP contribution in [0.1, 0.15) is 68.0 Å². The molecule has 7 nitrogen and oxygen atoms in total. The van der Waals surface area contributed by atoms with Gasteiger partial charge in [0.1, 0.15) is 24.7 Å². The van der Waals surface area contributed by atoms with Gasteiger partial charge in [0, 0.05) is 37.3 Å². The molecular weight excluding hydrogens is 458 g/mol. The van der Waals surface area contributed by atoms with Gasteiger partial charge in [-0.25, -0.2) is 0 Å². The SMILES string of the molecule is CC(C)Oc1ccc(C(=O)CCC(=O)C[C@H](CN2CCCC2)[C@H](O)c2ccc3c(c2)OCCO3)cc1. The monoisotopic (exact) mass is 495 g/mol. The lowest BCUT2D eigenvalue weighted by Gasteiger charge is -2.28. The molecule has 0 amide bonds. The molecule has 0 saturated carbocycles. The van der Waals surface area contributed by atoms with Crippen LogP contribution >= 0.6 is 0 Å². The topological polar surface area (TPSA) is 85.3 Å². The number of ketones is 2. The molecule has 2 aromatic carbocycles. The molecule has 2 aliphatic rings. The molecule has 36 heavy (non-hydrogen) atoms. The fraction of sp³-hybridized carbons (Fsp3) is 0.517. The highest BCUT2D eigenvalue weighted by atomic mass is 16.6. The summed E-state index contributed by atoms with van der Waals surface area (Å²) < 4.78 is 16.9. The van der Waals surface area contributed by atoms with Crippen molar-refractivity contribution in [2.45, 2.75) is 58.2 Å². The van der Waals surface area contributed by atoms with Gasteiger partial charge >= 0.3 is 0 Å². The predicted molar refractivity (Wildman–Crippen MR) is 137 cm³/mol. The van der Waals surface area contributed by atoms with E-state index in [-0.39, 0.29) is 42.9 Å². The number of hydrogen-bond donors (Lipinski definition) is 1. The summed E-state index contributed by atoms with van der Waals surface area (Å²) in [6, 6.07) is 12.5. The minimum absolute atomic E-state index is 0.0103. The van der Waals surface area contributed by atoms with Crippen LogP contribution in [0.3, 0.4) is 0 Å². The van der Waals surface area contributed by atoms with Gasteiger partial charge in [-0.2, -0.15) is 0 Å². The first-order valence-corrected chi connectivity index (χ1v) is 13.0. The Labute approximate surface area is 213 Å². The summed E-state index contributed by atoms with van der Waals surface area (Å²) in [6.45, 7) is 7.49. The number of carbonyl (C=O) groups excluding carboxylic acids is 2. The van der Waals surface area contributed by atoms with E-state index in [9.17, 15) is 14.7 Å². The first-order chi connectivity index (χ1) is 17.4. The standard InChI is InChI=1S/C29H37NO6/c1-20(2)36-25-9-5-21(6-10-25)26(32)11-8-24(31)17-23(19-30-13-3-4-14-30)29(33)22-7-12-27-28(18-22)35-16-15-34-27/h5-7,9-10,12,18,20,23,29,33H,3-4,8,11,13-17,19H2,1-2H3/t23-,29-/m1/s1. The van der Waals surface area contributed by atoms with Crippen LogP contribution in [0.4, 0.5) is 0 Å². The normalized spacial score (nSPS) is 17.1. The first-order valence-electron chi connectivity index (χ1n) is 13.0. The molecule has 0 radical (unpaired) electrons.